The second-order valence-electron chi connectivity index (χ2n) is 10.9. The van der Waals surface area contributed by atoms with Gasteiger partial charge in [0.1, 0.15) is 11.2 Å². The Morgan fingerprint density at radius 1 is 0.442 bits per heavy atom. The molecule has 0 atom stereocenters. The Balaban J connectivity index is 1.42. The molecule has 1 aromatic heterocycles. The standard InChI is InChI=1S/C42H26O/c1-2-13-28(14-3-1)31-24-25-37(41-36-20-10-11-21-38(36)43-42(31)41)40-34-18-8-6-16-32(34)39(33-17-7-9-19-35(33)40)30-23-22-27-12-4-5-15-29(27)26-30/h1-26H/i1D,2D,3D,13D,14D. The molecule has 1 heterocycles. The van der Waals surface area contributed by atoms with Crippen LogP contribution in [-0.2, 0) is 0 Å². The SMILES string of the molecule is [2H]c1c([2H])c([2H])c(-c2ccc(-c3c4ccccc4c(-c4ccc5ccccc5c4)c4ccccc34)c3c2oc2ccccc23)c([2H])c1[2H]. The predicted molar refractivity (Wildman–Crippen MR) is 183 cm³/mol. The molecule has 0 saturated heterocycles. The van der Waals surface area contributed by atoms with Crippen LogP contribution in [0, 0.1) is 0 Å². The molecule has 0 amide bonds. The van der Waals surface area contributed by atoms with Crippen molar-refractivity contribution in [3.63, 3.8) is 0 Å². The van der Waals surface area contributed by atoms with Crippen LogP contribution >= 0.6 is 0 Å². The summed E-state index contributed by atoms with van der Waals surface area (Å²) in [6.07, 6.45) is 0. The van der Waals surface area contributed by atoms with Gasteiger partial charge in [-0.25, -0.2) is 0 Å². The average Bonchev–Trinajstić information content (AvgIpc) is 3.52. The first kappa shape index (κ1) is 19.5. The van der Waals surface area contributed by atoms with Crippen LogP contribution in [0.5, 0.6) is 0 Å². The third kappa shape index (κ3) is 3.65. The van der Waals surface area contributed by atoms with Gasteiger partial charge in [-0.05, 0) is 78.3 Å². The molecule has 0 saturated carbocycles. The van der Waals surface area contributed by atoms with E-state index in [1.807, 2.05) is 36.4 Å². The van der Waals surface area contributed by atoms with Gasteiger partial charge in [-0.2, -0.15) is 0 Å². The van der Waals surface area contributed by atoms with Crippen LogP contribution in [0.4, 0.5) is 0 Å². The van der Waals surface area contributed by atoms with Crippen LogP contribution in [0.3, 0.4) is 0 Å². The fourth-order valence-corrected chi connectivity index (χ4v) is 6.69. The van der Waals surface area contributed by atoms with Crippen molar-refractivity contribution in [1.82, 2.24) is 0 Å². The van der Waals surface area contributed by atoms with Gasteiger partial charge in [-0.1, -0.05) is 139 Å². The van der Waals surface area contributed by atoms with Crippen LogP contribution in [0.25, 0.3) is 87.6 Å². The van der Waals surface area contributed by atoms with Gasteiger partial charge in [-0.3, -0.25) is 0 Å². The third-order valence-electron chi connectivity index (χ3n) is 8.53. The zero-order valence-electron chi connectivity index (χ0n) is 28.0. The lowest BCUT2D eigenvalue weighted by molar-refractivity contribution is 0.670. The molecule has 0 fully saturated rings. The van der Waals surface area contributed by atoms with Gasteiger partial charge in [0, 0.05) is 16.3 Å². The van der Waals surface area contributed by atoms with Crippen LogP contribution in [0.2, 0.25) is 0 Å². The summed E-state index contributed by atoms with van der Waals surface area (Å²) < 4.78 is 48.9. The number of hydrogen-bond acceptors (Lipinski definition) is 1. The first-order valence-corrected chi connectivity index (χ1v) is 14.4. The van der Waals surface area contributed by atoms with Crippen LogP contribution < -0.4 is 0 Å². The minimum atomic E-state index is -0.421. The Morgan fingerprint density at radius 2 is 1.02 bits per heavy atom. The van der Waals surface area contributed by atoms with Gasteiger partial charge in [0.05, 0.1) is 6.85 Å². The molecule has 0 unspecified atom stereocenters. The van der Waals surface area contributed by atoms with Crippen molar-refractivity contribution in [3.05, 3.63) is 158 Å². The molecule has 0 bridgehead atoms. The first-order valence-electron chi connectivity index (χ1n) is 16.9. The number of furan rings is 1. The summed E-state index contributed by atoms with van der Waals surface area (Å²) in [6, 6.07) is 42.0. The quantitative estimate of drug-likeness (QED) is 0.199. The minimum absolute atomic E-state index is 0.123. The van der Waals surface area contributed by atoms with E-state index in [0.29, 0.717) is 16.7 Å². The van der Waals surface area contributed by atoms with Crippen LogP contribution in [0.1, 0.15) is 6.85 Å². The van der Waals surface area contributed by atoms with E-state index in [1.165, 1.54) is 16.3 Å². The zero-order chi connectivity index (χ0) is 32.7. The topological polar surface area (TPSA) is 13.1 Å². The predicted octanol–water partition coefficient (Wildman–Crippen LogP) is 12.0. The van der Waals surface area contributed by atoms with E-state index in [1.54, 1.807) is 0 Å². The van der Waals surface area contributed by atoms with Crippen molar-refractivity contribution < 1.29 is 11.3 Å². The molecule has 43 heavy (non-hydrogen) atoms. The zero-order valence-corrected chi connectivity index (χ0v) is 23.0. The maximum Gasteiger partial charge on any atom is 0.143 e. The van der Waals surface area contributed by atoms with Crippen molar-refractivity contribution in [2.75, 3.05) is 0 Å². The van der Waals surface area contributed by atoms with E-state index in [2.05, 4.69) is 91.0 Å². The Morgan fingerprint density at radius 3 is 1.74 bits per heavy atom. The van der Waals surface area contributed by atoms with Gasteiger partial charge in [0.25, 0.3) is 0 Å². The second kappa shape index (κ2) is 9.44. The molecule has 8 aromatic carbocycles. The van der Waals surface area contributed by atoms with Crippen molar-refractivity contribution in [2.24, 2.45) is 0 Å². The lowest BCUT2D eigenvalue weighted by Crippen LogP contribution is -1.92. The molecular formula is C42H26O. The Labute approximate surface area is 256 Å². The molecule has 9 aromatic rings. The molecule has 0 N–H and O–H groups in total. The Kier molecular flexibility index (Phi) is 4.27. The van der Waals surface area contributed by atoms with Crippen molar-refractivity contribution in [3.8, 4) is 33.4 Å². The van der Waals surface area contributed by atoms with E-state index < -0.39 is 6.04 Å². The van der Waals surface area contributed by atoms with Crippen molar-refractivity contribution >= 4 is 54.3 Å². The van der Waals surface area contributed by atoms with Gasteiger partial charge in [0.15, 0.2) is 0 Å². The lowest BCUT2D eigenvalue weighted by atomic mass is 9.84. The molecule has 0 aliphatic rings. The molecule has 9 rings (SSSR count). The highest BCUT2D eigenvalue weighted by atomic mass is 16.3. The van der Waals surface area contributed by atoms with Crippen LogP contribution in [-0.4, -0.2) is 0 Å². The molecule has 0 aliphatic heterocycles. The number of fused-ring (bicyclic) bond motifs is 6. The smallest absolute Gasteiger partial charge is 0.143 e. The number of para-hydroxylation sites is 1. The average molecular weight is 552 g/mol. The molecule has 0 aliphatic carbocycles. The Hall–Kier alpha value is -5.66. The van der Waals surface area contributed by atoms with Gasteiger partial charge in [0.2, 0.25) is 0 Å². The van der Waals surface area contributed by atoms with Gasteiger partial charge >= 0.3 is 0 Å². The van der Waals surface area contributed by atoms with E-state index in [-0.39, 0.29) is 29.7 Å². The lowest BCUT2D eigenvalue weighted by Gasteiger charge is -2.19. The summed E-state index contributed by atoms with van der Waals surface area (Å²) >= 11 is 0. The largest absolute Gasteiger partial charge is 0.455 e. The maximum atomic E-state index is 8.76. The van der Waals surface area contributed by atoms with E-state index >= 15 is 0 Å². The summed E-state index contributed by atoms with van der Waals surface area (Å²) in [5, 5.41) is 8.52. The molecule has 200 valence electrons. The monoisotopic (exact) mass is 551 g/mol. The van der Waals surface area contributed by atoms with Gasteiger partial charge < -0.3 is 4.42 Å². The highest BCUT2D eigenvalue weighted by molar-refractivity contribution is 6.26. The van der Waals surface area contributed by atoms with Crippen LogP contribution in [0.15, 0.2) is 162 Å². The fraction of sp³-hybridized carbons (Fsp3) is 0. The van der Waals surface area contributed by atoms with Crippen molar-refractivity contribution in [1.29, 1.82) is 0 Å². The summed E-state index contributed by atoms with van der Waals surface area (Å²) in [6.45, 7) is 0. The van der Waals surface area contributed by atoms with E-state index in [0.717, 1.165) is 49.0 Å². The normalized spacial score (nSPS) is 13.3. The Bertz CT molecular complexity index is 2710. The third-order valence-corrected chi connectivity index (χ3v) is 8.53. The van der Waals surface area contributed by atoms with E-state index in [9.17, 15) is 0 Å². The maximum absolute atomic E-state index is 8.76. The first-order chi connectivity index (χ1) is 23.4. The van der Waals surface area contributed by atoms with E-state index in [4.69, 9.17) is 11.3 Å². The molecular weight excluding hydrogens is 520 g/mol. The summed E-state index contributed by atoms with van der Waals surface area (Å²) in [5.41, 5.74) is 6.04. The number of hydrogen-bond donors (Lipinski definition) is 0. The highest BCUT2D eigenvalue weighted by Crippen LogP contribution is 2.48. The molecule has 1 heteroatoms. The molecule has 0 radical (unpaired) electrons. The highest BCUT2D eigenvalue weighted by Gasteiger charge is 2.22. The van der Waals surface area contributed by atoms with Crippen molar-refractivity contribution in [2.45, 2.75) is 0 Å². The second-order valence-corrected chi connectivity index (χ2v) is 10.9. The summed E-state index contributed by atoms with van der Waals surface area (Å²) in [4.78, 5) is 0. The number of rotatable bonds is 3. The molecule has 0 spiro atoms. The van der Waals surface area contributed by atoms with Gasteiger partial charge in [-0.15, -0.1) is 0 Å². The summed E-state index contributed by atoms with van der Waals surface area (Å²) in [7, 11) is 0. The molecule has 1 nitrogen and oxygen atoms in total. The fourth-order valence-electron chi connectivity index (χ4n) is 6.69. The number of benzene rings is 8. The summed E-state index contributed by atoms with van der Waals surface area (Å²) in [5.74, 6) is 0. The minimum Gasteiger partial charge on any atom is -0.455 e.